The van der Waals surface area contributed by atoms with E-state index in [1.165, 1.54) is 6.07 Å². The van der Waals surface area contributed by atoms with E-state index in [9.17, 15) is 22.0 Å². The lowest BCUT2D eigenvalue weighted by Crippen LogP contribution is -2.32. The maximum absolute atomic E-state index is 13.3. The van der Waals surface area contributed by atoms with Crippen LogP contribution in [0.25, 0.3) is 22.4 Å². The molecule has 4 rings (SSSR count). The first kappa shape index (κ1) is 18.6. The molecule has 28 heavy (non-hydrogen) atoms. The van der Waals surface area contributed by atoms with Crippen LogP contribution in [0.5, 0.6) is 0 Å². The van der Waals surface area contributed by atoms with Gasteiger partial charge in [-0.3, -0.25) is 4.98 Å². The lowest BCUT2D eigenvalue weighted by Gasteiger charge is -2.29. The number of rotatable bonds is 3. The average Bonchev–Trinajstić information content (AvgIpc) is 3.06. The van der Waals surface area contributed by atoms with Crippen molar-refractivity contribution < 1.29 is 22.0 Å². The van der Waals surface area contributed by atoms with E-state index in [2.05, 4.69) is 25.3 Å². The number of nitrogens with one attached hydrogen (secondary N) is 2. The van der Waals surface area contributed by atoms with Gasteiger partial charge in [-0.05, 0) is 25.0 Å². The molecule has 0 bridgehead atoms. The number of hydrogen-bond acceptors (Lipinski definition) is 4. The normalized spacial score (nSPS) is 17.8. The van der Waals surface area contributed by atoms with Crippen LogP contribution in [0.15, 0.2) is 30.6 Å². The summed E-state index contributed by atoms with van der Waals surface area (Å²) in [4.78, 5) is 15.1. The number of nitrogens with zero attached hydrogens (tertiary/aromatic N) is 3. The largest absolute Gasteiger partial charge is 0.433 e. The molecule has 1 aliphatic rings. The summed E-state index contributed by atoms with van der Waals surface area (Å²) in [6, 6.07) is 3.79. The van der Waals surface area contributed by atoms with Crippen LogP contribution < -0.4 is 5.32 Å². The van der Waals surface area contributed by atoms with Crippen molar-refractivity contribution in [3.63, 3.8) is 0 Å². The maximum Gasteiger partial charge on any atom is 0.433 e. The summed E-state index contributed by atoms with van der Waals surface area (Å²) in [5.41, 5.74) is 0.607. The van der Waals surface area contributed by atoms with E-state index in [1.54, 1.807) is 12.3 Å². The van der Waals surface area contributed by atoms with Crippen molar-refractivity contribution in [1.29, 1.82) is 0 Å². The Labute approximate surface area is 156 Å². The van der Waals surface area contributed by atoms with Gasteiger partial charge in [-0.2, -0.15) is 13.2 Å². The summed E-state index contributed by atoms with van der Waals surface area (Å²) in [6.07, 6.45) is -1.44. The predicted molar refractivity (Wildman–Crippen MR) is 92.9 cm³/mol. The quantitative estimate of drug-likeness (QED) is 0.609. The molecule has 2 N–H and O–H groups in total. The van der Waals surface area contributed by atoms with E-state index in [0.29, 0.717) is 41.1 Å². The Morgan fingerprint density at radius 1 is 1.07 bits per heavy atom. The number of imidazole rings is 1. The third kappa shape index (κ3) is 3.90. The van der Waals surface area contributed by atoms with Crippen LogP contribution in [0.1, 0.15) is 31.4 Å². The second-order valence-electron chi connectivity index (χ2n) is 6.88. The standard InChI is InChI=1S/C18H16F5N5/c19-17(20)5-3-11(4-6-17)26-15-7-12-13(9-25-15)28-16(27-12)10-1-2-14(24-8-10)18(21,22)23/h1-2,7-9,11H,3-6H2,(H,25,26)(H,27,28). The van der Waals surface area contributed by atoms with Crippen molar-refractivity contribution >= 4 is 16.9 Å². The van der Waals surface area contributed by atoms with Crippen molar-refractivity contribution in [3.8, 4) is 11.4 Å². The molecule has 3 aromatic heterocycles. The monoisotopic (exact) mass is 397 g/mol. The van der Waals surface area contributed by atoms with Crippen LogP contribution >= 0.6 is 0 Å². The third-order valence-corrected chi connectivity index (χ3v) is 4.76. The summed E-state index contributed by atoms with van der Waals surface area (Å²) in [5, 5.41) is 3.15. The summed E-state index contributed by atoms with van der Waals surface area (Å²) in [5.74, 6) is -1.71. The number of aromatic amines is 1. The Bertz CT molecular complexity index is 970. The number of hydrogen-bond donors (Lipinski definition) is 2. The lowest BCUT2D eigenvalue weighted by molar-refractivity contribution is -0.141. The van der Waals surface area contributed by atoms with Gasteiger partial charge >= 0.3 is 6.18 Å². The summed E-state index contributed by atoms with van der Waals surface area (Å²) >= 11 is 0. The Morgan fingerprint density at radius 3 is 2.46 bits per heavy atom. The van der Waals surface area contributed by atoms with Crippen molar-refractivity contribution in [2.24, 2.45) is 0 Å². The Kier molecular flexibility index (Phi) is 4.43. The van der Waals surface area contributed by atoms with Gasteiger partial charge < -0.3 is 10.3 Å². The highest BCUT2D eigenvalue weighted by Gasteiger charge is 2.35. The molecule has 10 heteroatoms. The molecule has 3 heterocycles. The zero-order valence-electron chi connectivity index (χ0n) is 14.5. The molecule has 0 unspecified atom stereocenters. The number of pyridine rings is 2. The second-order valence-corrected chi connectivity index (χ2v) is 6.88. The van der Waals surface area contributed by atoms with Crippen molar-refractivity contribution in [3.05, 3.63) is 36.3 Å². The van der Waals surface area contributed by atoms with Gasteiger partial charge in [-0.1, -0.05) is 0 Å². The van der Waals surface area contributed by atoms with Gasteiger partial charge in [0.05, 0.1) is 17.2 Å². The van der Waals surface area contributed by atoms with Gasteiger partial charge in [-0.15, -0.1) is 0 Å². The number of aromatic nitrogens is 4. The minimum Gasteiger partial charge on any atom is -0.367 e. The molecular formula is C18H16F5N5. The molecule has 148 valence electrons. The third-order valence-electron chi connectivity index (χ3n) is 4.76. The number of halogens is 5. The van der Waals surface area contributed by atoms with Crippen LogP contribution in [0.3, 0.4) is 0 Å². The van der Waals surface area contributed by atoms with E-state index < -0.39 is 17.8 Å². The number of fused-ring (bicyclic) bond motifs is 1. The fourth-order valence-electron chi connectivity index (χ4n) is 3.22. The number of alkyl halides is 5. The lowest BCUT2D eigenvalue weighted by atomic mass is 9.92. The van der Waals surface area contributed by atoms with Gasteiger partial charge in [0.15, 0.2) is 0 Å². The highest BCUT2D eigenvalue weighted by molar-refractivity contribution is 5.80. The minimum absolute atomic E-state index is 0.0814. The molecule has 0 atom stereocenters. The molecular weight excluding hydrogens is 381 g/mol. The topological polar surface area (TPSA) is 66.5 Å². The van der Waals surface area contributed by atoms with E-state index in [4.69, 9.17) is 0 Å². The van der Waals surface area contributed by atoms with Gasteiger partial charge in [-0.25, -0.2) is 18.7 Å². The SMILES string of the molecule is FC1(F)CCC(Nc2cc3nc(-c4ccc(C(F)(F)F)nc4)[nH]c3cn2)CC1. The first-order chi connectivity index (χ1) is 13.2. The molecule has 1 saturated carbocycles. The van der Waals surface area contributed by atoms with Crippen molar-refractivity contribution in [1.82, 2.24) is 19.9 Å². The molecule has 1 aliphatic carbocycles. The summed E-state index contributed by atoms with van der Waals surface area (Å²) in [6.45, 7) is 0. The van der Waals surface area contributed by atoms with E-state index >= 15 is 0 Å². The Balaban J connectivity index is 1.52. The summed E-state index contributed by atoms with van der Waals surface area (Å²) < 4.78 is 64.4. The van der Waals surface area contributed by atoms with Gasteiger partial charge in [0.1, 0.15) is 17.3 Å². The first-order valence-corrected chi connectivity index (χ1v) is 8.73. The van der Waals surface area contributed by atoms with Gasteiger partial charge in [0.25, 0.3) is 0 Å². The predicted octanol–water partition coefficient (Wildman–Crippen LogP) is 5.03. The average molecular weight is 397 g/mol. The zero-order valence-corrected chi connectivity index (χ0v) is 14.5. The Morgan fingerprint density at radius 2 is 1.82 bits per heavy atom. The molecule has 1 fully saturated rings. The van der Waals surface area contributed by atoms with E-state index in [-0.39, 0.29) is 18.9 Å². The highest BCUT2D eigenvalue weighted by Crippen LogP contribution is 2.34. The second kappa shape index (κ2) is 6.68. The van der Waals surface area contributed by atoms with Crippen molar-refractivity contribution in [2.45, 2.75) is 43.8 Å². The number of anilines is 1. The molecule has 5 nitrogen and oxygen atoms in total. The molecule has 0 spiro atoms. The molecule has 3 aromatic rings. The molecule has 0 aliphatic heterocycles. The van der Waals surface area contributed by atoms with Crippen LogP contribution in [-0.4, -0.2) is 31.9 Å². The van der Waals surface area contributed by atoms with Crippen LogP contribution in [0.4, 0.5) is 27.8 Å². The Hall–Kier alpha value is -2.78. The summed E-state index contributed by atoms with van der Waals surface area (Å²) in [7, 11) is 0. The van der Waals surface area contributed by atoms with Crippen LogP contribution in [-0.2, 0) is 6.18 Å². The van der Waals surface area contributed by atoms with Crippen LogP contribution in [0, 0.1) is 0 Å². The maximum atomic E-state index is 13.3. The zero-order chi connectivity index (χ0) is 19.9. The van der Waals surface area contributed by atoms with E-state index in [0.717, 1.165) is 12.3 Å². The molecule has 0 saturated heterocycles. The van der Waals surface area contributed by atoms with Crippen LogP contribution in [0.2, 0.25) is 0 Å². The van der Waals surface area contributed by atoms with Gasteiger partial charge in [0.2, 0.25) is 5.92 Å². The van der Waals surface area contributed by atoms with Gasteiger partial charge in [0, 0.05) is 36.7 Å². The number of H-pyrrole nitrogens is 1. The smallest absolute Gasteiger partial charge is 0.367 e. The fraction of sp³-hybridized carbons (Fsp3) is 0.389. The van der Waals surface area contributed by atoms with E-state index in [1.807, 2.05) is 0 Å². The molecule has 0 aromatic carbocycles. The van der Waals surface area contributed by atoms with Crippen molar-refractivity contribution in [2.75, 3.05) is 5.32 Å². The molecule has 0 amide bonds. The highest BCUT2D eigenvalue weighted by atomic mass is 19.4. The first-order valence-electron chi connectivity index (χ1n) is 8.73. The molecule has 0 radical (unpaired) electrons. The minimum atomic E-state index is -4.50. The fourth-order valence-corrected chi connectivity index (χ4v) is 3.22.